The number of alkyl halides is 3. The van der Waals surface area contributed by atoms with Crippen molar-refractivity contribution in [1.82, 2.24) is 0 Å². The van der Waals surface area contributed by atoms with Crippen molar-refractivity contribution in [3.05, 3.63) is 29.0 Å². The highest BCUT2D eigenvalue weighted by atomic mass is 35.5. The minimum absolute atomic E-state index is 0.764. The molecule has 1 heterocycles. The average Bonchev–Trinajstić information content (AvgIpc) is 2.09. The third-order valence-electron chi connectivity index (χ3n) is 1.50. The molecule has 0 saturated heterocycles. The number of pyridine rings is 1. The highest BCUT2D eigenvalue weighted by Crippen LogP contribution is 2.20. The molecule has 0 bridgehead atoms. The molecule has 0 aliphatic rings. The van der Waals surface area contributed by atoms with Crippen LogP contribution in [0.25, 0.3) is 0 Å². The van der Waals surface area contributed by atoms with E-state index in [-0.39, 0.29) is 0 Å². The van der Waals surface area contributed by atoms with Crippen LogP contribution in [0.2, 0.25) is 5.15 Å². The van der Waals surface area contributed by atoms with E-state index >= 15 is 0 Å². The zero-order valence-electron chi connectivity index (χ0n) is 8.82. The second-order valence-electron chi connectivity index (χ2n) is 3.04. The number of halogens is 4. The van der Waals surface area contributed by atoms with Gasteiger partial charge in [0.05, 0.1) is 0 Å². The molecule has 0 spiro atoms. The minimum atomic E-state index is -6.09. The predicted molar refractivity (Wildman–Crippen MR) is 53.1 cm³/mol. The quantitative estimate of drug-likeness (QED) is 0.315. The summed E-state index contributed by atoms with van der Waals surface area (Å²) in [6, 6.07) is 3.87. The molecule has 0 fully saturated rings. The van der Waals surface area contributed by atoms with Gasteiger partial charge >= 0.3 is 5.51 Å². The molecule has 0 aromatic carbocycles. The molecule has 0 saturated carbocycles. The van der Waals surface area contributed by atoms with E-state index in [1.165, 1.54) is 5.56 Å². The molecule has 4 nitrogen and oxygen atoms in total. The first kappa shape index (κ1) is 16.1. The van der Waals surface area contributed by atoms with E-state index in [9.17, 15) is 13.2 Å². The molecule has 98 valence electrons. The summed E-state index contributed by atoms with van der Waals surface area (Å²) in [5, 5.41) is 0.764. The number of rotatable bonds is 0. The van der Waals surface area contributed by atoms with Crippen molar-refractivity contribution in [2.45, 2.75) is 12.4 Å². The van der Waals surface area contributed by atoms with Gasteiger partial charge in [0.15, 0.2) is 16.3 Å². The summed E-state index contributed by atoms with van der Waals surface area (Å²) in [6.07, 6.45) is 1.99. The molecule has 0 aliphatic heterocycles. The first-order chi connectivity index (χ1) is 7.45. The third-order valence-corrected chi connectivity index (χ3v) is 2.46. The Morgan fingerprint density at radius 2 is 1.76 bits per heavy atom. The fourth-order valence-electron chi connectivity index (χ4n) is 0.728. The molecule has 9 heteroatoms. The summed E-state index contributed by atoms with van der Waals surface area (Å²) in [6.45, 7) is 2.04. The first-order valence-electron chi connectivity index (χ1n) is 4.09. The molecule has 0 unspecified atom stereocenters. The number of hydrogen-bond donors (Lipinski definition) is 0. The van der Waals surface area contributed by atoms with E-state index < -0.39 is 15.6 Å². The molecule has 0 amide bonds. The summed E-state index contributed by atoms with van der Waals surface area (Å²) in [5.74, 6) is 0. The minimum Gasteiger partial charge on any atom is -0.741 e. The maximum atomic E-state index is 10.7. The molecule has 1 aromatic rings. The summed E-state index contributed by atoms with van der Waals surface area (Å²) in [4.78, 5) is 0. The fraction of sp³-hybridized carbons (Fsp3) is 0.375. The van der Waals surface area contributed by atoms with Crippen LogP contribution in [0.15, 0.2) is 18.3 Å². The smallest absolute Gasteiger partial charge is 0.485 e. The lowest BCUT2D eigenvalue weighted by atomic mass is 10.3. The molecule has 17 heavy (non-hydrogen) atoms. The van der Waals surface area contributed by atoms with Gasteiger partial charge in [-0.05, 0) is 24.6 Å². The van der Waals surface area contributed by atoms with Crippen molar-refractivity contribution in [2.24, 2.45) is 7.05 Å². The normalized spacial score (nSPS) is 11.7. The van der Waals surface area contributed by atoms with Crippen LogP contribution < -0.4 is 4.57 Å². The van der Waals surface area contributed by atoms with E-state index in [0.29, 0.717) is 0 Å². The van der Waals surface area contributed by atoms with E-state index in [0.717, 1.165) is 5.15 Å². The Bertz CT molecular complexity index is 487. The van der Waals surface area contributed by atoms with Crippen LogP contribution in [0.1, 0.15) is 5.56 Å². The fourth-order valence-corrected chi connectivity index (χ4v) is 0.840. The molecule has 0 atom stereocenters. The van der Waals surface area contributed by atoms with Crippen LogP contribution in [0.4, 0.5) is 13.2 Å². The average molecular weight is 292 g/mol. The van der Waals surface area contributed by atoms with Crippen molar-refractivity contribution in [3.63, 3.8) is 0 Å². The summed E-state index contributed by atoms with van der Waals surface area (Å²) in [5.41, 5.74) is -4.42. The Morgan fingerprint density at radius 3 is 2.00 bits per heavy atom. The lowest BCUT2D eigenvalue weighted by Gasteiger charge is -2.08. The van der Waals surface area contributed by atoms with E-state index in [1.54, 1.807) is 0 Å². The van der Waals surface area contributed by atoms with Crippen molar-refractivity contribution in [3.8, 4) is 0 Å². The van der Waals surface area contributed by atoms with Gasteiger partial charge in [0.25, 0.3) is 5.15 Å². The van der Waals surface area contributed by atoms with Gasteiger partial charge in [0.1, 0.15) is 7.05 Å². The van der Waals surface area contributed by atoms with Crippen LogP contribution in [0.5, 0.6) is 0 Å². The topological polar surface area (TPSA) is 61.1 Å². The Balaban J connectivity index is 0.000000304. The zero-order chi connectivity index (χ0) is 13.9. The van der Waals surface area contributed by atoms with Crippen molar-refractivity contribution >= 4 is 21.7 Å². The second kappa shape index (κ2) is 5.65. The summed E-state index contributed by atoms with van der Waals surface area (Å²) >= 11 is 5.74. The van der Waals surface area contributed by atoms with Crippen molar-refractivity contribution in [2.75, 3.05) is 0 Å². The van der Waals surface area contributed by atoms with Gasteiger partial charge < -0.3 is 4.55 Å². The molecule has 0 N–H and O–H groups in total. The number of aromatic nitrogens is 1. The summed E-state index contributed by atoms with van der Waals surface area (Å²) < 4.78 is 60.8. The second-order valence-corrected chi connectivity index (χ2v) is 4.80. The van der Waals surface area contributed by atoms with Crippen LogP contribution in [0, 0.1) is 6.92 Å². The largest absolute Gasteiger partial charge is 0.741 e. The van der Waals surface area contributed by atoms with Crippen molar-refractivity contribution in [1.29, 1.82) is 0 Å². The van der Waals surface area contributed by atoms with Gasteiger partial charge in [-0.1, -0.05) is 0 Å². The Kier molecular flexibility index (Phi) is 5.37. The van der Waals surface area contributed by atoms with Gasteiger partial charge in [-0.2, -0.15) is 17.7 Å². The van der Waals surface area contributed by atoms with E-state index in [2.05, 4.69) is 0 Å². The van der Waals surface area contributed by atoms with Crippen LogP contribution in [-0.2, 0) is 17.2 Å². The highest BCUT2D eigenvalue weighted by Gasteiger charge is 2.36. The molecule has 0 radical (unpaired) electrons. The molecule has 1 rings (SSSR count). The van der Waals surface area contributed by atoms with Crippen LogP contribution >= 0.6 is 11.6 Å². The monoisotopic (exact) mass is 291 g/mol. The molecule has 0 aliphatic carbocycles. The predicted octanol–water partition coefficient (Wildman–Crippen LogP) is 1.52. The number of hydrogen-bond acceptors (Lipinski definition) is 3. The number of aryl methyl sites for hydroxylation is 2. The van der Waals surface area contributed by atoms with Gasteiger partial charge in [0, 0.05) is 11.6 Å². The van der Waals surface area contributed by atoms with Crippen molar-refractivity contribution < 1.29 is 30.7 Å². The Labute approximate surface area is 101 Å². The van der Waals surface area contributed by atoms with Crippen LogP contribution in [0.3, 0.4) is 0 Å². The SMILES string of the molecule is Cc1ccc(Cl)[n+](C)c1.O=S(=O)([O-])C(F)(F)F. The van der Waals surface area contributed by atoms with Crippen LogP contribution in [-0.4, -0.2) is 18.5 Å². The maximum Gasteiger partial charge on any atom is 0.485 e. The van der Waals surface area contributed by atoms with E-state index in [4.69, 9.17) is 24.6 Å². The summed E-state index contributed by atoms with van der Waals surface area (Å²) in [7, 11) is -4.16. The third kappa shape index (κ3) is 5.85. The van der Waals surface area contributed by atoms with Gasteiger partial charge in [0.2, 0.25) is 0 Å². The Hall–Kier alpha value is -0.860. The van der Waals surface area contributed by atoms with Gasteiger partial charge in [-0.15, -0.1) is 0 Å². The molecular formula is C8H9ClF3NO3S. The lowest BCUT2D eigenvalue weighted by Crippen LogP contribution is -2.28. The van der Waals surface area contributed by atoms with Gasteiger partial charge in [-0.25, -0.2) is 8.42 Å². The highest BCUT2D eigenvalue weighted by molar-refractivity contribution is 7.86. The Morgan fingerprint density at radius 1 is 1.35 bits per heavy atom. The lowest BCUT2D eigenvalue weighted by molar-refractivity contribution is -0.669. The van der Waals surface area contributed by atoms with Gasteiger partial charge in [-0.3, -0.25) is 0 Å². The standard InChI is InChI=1S/C7H9ClN.CHF3O3S/c1-6-3-4-7(8)9(2)5-6;2-1(3,4)8(5,6)7/h3-5H,1-2H3;(H,5,6,7)/q+1;/p-1. The molecular weight excluding hydrogens is 283 g/mol. The number of nitrogens with zero attached hydrogens (tertiary/aromatic N) is 1. The zero-order valence-corrected chi connectivity index (χ0v) is 10.4. The first-order valence-corrected chi connectivity index (χ1v) is 5.87. The molecule has 1 aromatic heterocycles. The maximum absolute atomic E-state index is 10.7. The van der Waals surface area contributed by atoms with E-state index in [1.807, 2.05) is 36.9 Å².